The zero-order valence-electron chi connectivity index (χ0n) is 19.5. The maximum Gasteiger partial charge on any atom is 0.237 e. The van der Waals surface area contributed by atoms with Crippen molar-refractivity contribution in [2.75, 3.05) is 39.9 Å². The van der Waals surface area contributed by atoms with Crippen LogP contribution in [-0.4, -0.2) is 66.8 Å². The summed E-state index contributed by atoms with van der Waals surface area (Å²) in [7, 11) is 1.63. The van der Waals surface area contributed by atoms with Crippen molar-refractivity contribution < 1.29 is 19.4 Å². The van der Waals surface area contributed by atoms with Gasteiger partial charge in [-0.3, -0.25) is 9.69 Å². The van der Waals surface area contributed by atoms with E-state index in [-0.39, 0.29) is 11.9 Å². The van der Waals surface area contributed by atoms with Crippen LogP contribution in [0.15, 0.2) is 35.7 Å². The Bertz CT molecular complexity index is 856. The van der Waals surface area contributed by atoms with Crippen LogP contribution in [0.4, 0.5) is 0 Å². The van der Waals surface area contributed by atoms with E-state index in [2.05, 4.69) is 30.2 Å². The molecule has 1 amide bonds. The Kier molecular flexibility index (Phi) is 9.38. The van der Waals surface area contributed by atoms with Crippen molar-refractivity contribution in [3.63, 3.8) is 0 Å². The minimum Gasteiger partial charge on any atom is -0.493 e. The number of aliphatic hydroxyl groups is 1. The smallest absolute Gasteiger partial charge is 0.237 e. The average Bonchev–Trinajstić information content (AvgIpc) is 3.27. The average molecular weight is 461 g/mol. The molecule has 1 aromatic carbocycles. The monoisotopic (exact) mass is 460 g/mol. The van der Waals surface area contributed by atoms with Gasteiger partial charge in [-0.1, -0.05) is 32.4 Å². The summed E-state index contributed by atoms with van der Waals surface area (Å²) in [5.74, 6) is 1.46. The summed E-state index contributed by atoms with van der Waals surface area (Å²) in [6.45, 7) is 6.88. The Hall–Kier alpha value is -2.09. The first-order chi connectivity index (χ1) is 15.6. The summed E-state index contributed by atoms with van der Waals surface area (Å²) in [5, 5.41) is 12.4. The highest BCUT2D eigenvalue weighted by atomic mass is 32.1. The van der Waals surface area contributed by atoms with Crippen molar-refractivity contribution in [1.29, 1.82) is 0 Å². The van der Waals surface area contributed by atoms with Crippen LogP contribution < -0.4 is 9.47 Å². The lowest BCUT2D eigenvalue weighted by Gasteiger charge is -2.37. The molecule has 0 radical (unpaired) electrons. The molecule has 2 aromatic rings. The molecule has 2 unspecified atom stereocenters. The molecule has 1 aliphatic heterocycles. The predicted molar refractivity (Wildman–Crippen MR) is 129 cm³/mol. The fourth-order valence-corrected chi connectivity index (χ4v) is 5.27. The van der Waals surface area contributed by atoms with Crippen molar-refractivity contribution in [3.8, 4) is 11.5 Å². The molecule has 3 rings (SSSR count). The Morgan fingerprint density at radius 2 is 2.03 bits per heavy atom. The number of methoxy groups -OCH3 is 1. The summed E-state index contributed by atoms with van der Waals surface area (Å²) >= 11 is 1.75. The number of fused-ring (bicyclic) bond motifs is 1. The molecule has 0 bridgehead atoms. The number of para-hydroxylation sites is 2. The Morgan fingerprint density at radius 3 is 2.75 bits per heavy atom. The van der Waals surface area contributed by atoms with E-state index in [9.17, 15) is 9.90 Å². The number of benzene rings is 1. The second-order valence-electron chi connectivity index (χ2n) is 8.29. The van der Waals surface area contributed by atoms with Gasteiger partial charge in [0.15, 0.2) is 11.5 Å². The van der Waals surface area contributed by atoms with Gasteiger partial charge < -0.3 is 19.5 Å². The lowest BCUT2D eigenvalue weighted by molar-refractivity contribution is -0.136. The van der Waals surface area contributed by atoms with Gasteiger partial charge in [-0.15, -0.1) is 11.3 Å². The Balaban J connectivity index is 1.73. The third kappa shape index (κ3) is 6.24. The van der Waals surface area contributed by atoms with Crippen molar-refractivity contribution in [1.82, 2.24) is 9.80 Å². The van der Waals surface area contributed by atoms with Gasteiger partial charge in [-0.05, 0) is 54.9 Å². The van der Waals surface area contributed by atoms with Crippen LogP contribution in [0, 0.1) is 0 Å². The molecule has 0 saturated carbocycles. The van der Waals surface area contributed by atoms with E-state index in [1.165, 1.54) is 10.4 Å². The molecule has 0 spiro atoms. The van der Waals surface area contributed by atoms with Gasteiger partial charge in [0.25, 0.3) is 0 Å². The molecule has 2 heterocycles. The van der Waals surface area contributed by atoms with Crippen LogP contribution in [0.25, 0.3) is 0 Å². The maximum absolute atomic E-state index is 13.4. The van der Waals surface area contributed by atoms with Crippen LogP contribution in [0.5, 0.6) is 11.5 Å². The van der Waals surface area contributed by atoms with Gasteiger partial charge in [-0.2, -0.15) is 0 Å². The van der Waals surface area contributed by atoms with Crippen LogP contribution in [0.3, 0.4) is 0 Å². The van der Waals surface area contributed by atoms with Crippen molar-refractivity contribution in [2.24, 2.45) is 0 Å². The lowest BCUT2D eigenvalue weighted by Crippen LogP contribution is -2.47. The number of carbonyl (C=O) groups excluding carboxylic acids is 1. The number of ether oxygens (including phenoxy) is 2. The topological polar surface area (TPSA) is 62.2 Å². The first-order valence-electron chi connectivity index (χ1n) is 11.6. The summed E-state index contributed by atoms with van der Waals surface area (Å²) in [5.41, 5.74) is 1.18. The molecule has 2 atom stereocenters. The van der Waals surface area contributed by atoms with Gasteiger partial charge in [-0.25, -0.2) is 0 Å². The van der Waals surface area contributed by atoms with Gasteiger partial charge in [0.1, 0.15) is 6.61 Å². The van der Waals surface area contributed by atoms with Gasteiger partial charge in [0, 0.05) is 18.0 Å². The number of rotatable bonds is 12. The summed E-state index contributed by atoms with van der Waals surface area (Å²) in [4.78, 5) is 18.8. The zero-order valence-corrected chi connectivity index (χ0v) is 20.3. The van der Waals surface area contributed by atoms with Crippen LogP contribution in [0.1, 0.15) is 49.6 Å². The molecule has 0 aliphatic carbocycles. The predicted octanol–water partition coefficient (Wildman–Crippen LogP) is 4.13. The highest BCUT2D eigenvalue weighted by molar-refractivity contribution is 7.10. The van der Waals surface area contributed by atoms with Crippen molar-refractivity contribution in [3.05, 3.63) is 46.2 Å². The van der Waals surface area contributed by atoms with Gasteiger partial charge in [0.2, 0.25) is 5.91 Å². The summed E-state index contributed by atoms with van der Waals surface area (Å²) < 4.78 is 11.6. The quantitative estimate of drug-likeness (QED) is 0.516. The van der Waals surface area contributed by atoms with E-state index >= 15 is 0 Å². The first-order valence-corrected chi connectivity index (χ1v) is 12.5. The van der Waals surface area contributed by atoms with Gasteiger partial charge >= 0.3 is 0 Å². The van der Waals surface area contributed by atoms with Crippen LogP contribution >= 0.6 is 11.3 Å². The largest absolute Gasteiger partial charge is 0.493 e. The molecule has 1 aromatic heterocycles. The van der Waals surface area contributed by atoms with E-state index in [4.69, 9.17) is 9.47 Å². The molecule has 176 valence electrons. The number of hydrogen-bond acceptors (Lipinski definition) is 6. The van der Waals surface area contributed by atoms with Gasteiger partial charge in [0.05, 0.1) is 25.8 Å². The normalized spacial score (nSPS) is 16.7. The fourth-order valence-electron chi connectivity index (χ4n) is 4.34. The molecular weight excluding hydrogens is 424 g/mol. The second-order valence-corrected chi connectivity index (χ2v) is 9.29. The lowest BCUT2D eigenvalue weighted by atomic mass is 10.0. The summed E-state index contributed by atoms with van der Waals surface area (Å²) in [6.07, 6.45) is 3.11. The van der Waals surface area contributed by atoms with E-state index in [0.717, 1.165) is 32.2 Å². The first kappa shape index (κ1) is 24.6. The van der Waals surface area contributed by atoms with Crippen molar-refractivity contribution >= 4 is 17.2 Å². The minimum absolute atomic E-state index is 0.0904. The Labute approximate surface area is 195 Å². The molecule has 32 heavy (non-hydrogen) atoms. The number of carbonyl (C=O) groups is 1. The molecule has 0 saturated heterocycles. The Morgan fingerprint density at radius 1 is 1.25 bits per heavy atom. The fraction of sp³-hybridized carbons (Fsp3) is 0.560. The molecular formula is C25H36N2O4S. The standard InChI is InChI=1S/C25H36N2O4S/c1-4-8-19(28)16-26(13-5-2)17-25(29)27-14-11-24-20(12-15-32-24)21(27)18-31-23-10-7-6-9-22(23)30-3/h6-7,9-10,12,15,19,21,28H,4-5,8,11,13-14,16-18H2,1-3H3. The number of aliphatic hydroxyl groups excluding tert-OH is 1. The molecule has 7 heteroatoms. The third-order valence-corrected chi connectivity index (χ3v) is 6.87. The number of thiophene rings is 1. The van der Waals surface area contributed by atoms with E-state index in [1.807, 2.05) is 29.2 Å². The minimum atomic E-state index is -0.395. The van der Waals surface area contributed by atoms with E-state index in [0.29, 0.717) is 37.7 Å². The third-order valence-electron chi connectivity index (χ3n) is 5.87. The van der Waals surface area contributed by atoms with Crippen LogP contribution in [0.2, 0.25) is 0 Å². The number of nitrogens with zero attached hydrogens (tertiary/aromatic N) is 2. The van der Waals surface area contributed by atoms with E-state index < -0.39 is 6.10 Å². The SMILES string of the molecule is CCCC(O)CN(CCC)CC(=O)N1CCc2sccc2C1COc1ccccc1OC. The maximum atomic E-state index is 13.4. The summed E-state index contributed by atoms with van der Waals surface area (Å²) in [6, 6.07) is 9.58. The molecule has 1 N–H and O–H groups in total. The molecule has 6 nitrogen and oxygen atoms in total. The zero-order chi connectivity index (χ0) is 22.9. The number of hydrogen-bond donors (Lipinski definition) is 1. The molecule has 0 fully saturated rings. The number of amides is 1. The van der Waals surface area contributed by atoms with E-state index in [1.54, 1.807) is 18.4 Å². The van der Waals surface area contributed by atoms with Crippen LogP contribution in [-0.2, 0) is 11.2 Å². The highest BCUT2D eigenvalue weighted by Crippen LogP contribution is 2.35. The highest BCUT2D eigenvalue weighted by Gasteiger charge is 2.33. The van der Waals surface area contributed by atoms with Crippen molar-refractivity contribution in [2.45, 2.75) is 51.7 Å². The second kappa shape index (κ2) is 12.2. The molecule has 1 aliphatic rings.